The van der Waals surface area contributed by atoms with Crippen LogP contribution in [0.5, 0.6) is 0 Å². The highest BCUT2D eigenvalue weighted by Crippen LogP contribution is 2.35. The van der Waals surface area contributed by atoms with Crippen LogP contribution in [0.3, 0.4) is 0 Å². The molecule has 1 aromatic rings. The van der Waals surface area contributed by atoms with Crippen molar-refractivity contribution < 1.29 is 9.59 Å². The summed E-state index contributed by atoms with van der Waals surface area (Å²) < 4.78 is 0. The average molecular weight is 325 g/mol. The zero-order chi connectivity index (χ0) is 17.1. The van der Waals surface area contributed by atoms with Gasteiger partial charge in [-0.25, -0.2) is 0 Å². The van der Waals surface area contributed by atoms with Gasteiger partial charge in [-0.2, -0.15) is 0 Å². The van der Waals surface area contributed by atoms with Crippen LogP contribution in [0.25, 0.3) is 6.08 Å². The van der Waals surface area contributed by atoms with Crippen molar-refractivity contribution in [3.05, 3.63) is 58.2 Å². The molecule has 0 aromatic carbocycles. The zero-order valence-electron chi connectivity index (χ0n) is 13.1. The Morgan fingerprint density at radius 1 is 1.04 bits per heavy atom. The SMILES string of the molecule is NCCNC1=CC(=O)C(NCCN)=C2C(=O)c3cnccc3C=C12. The molecule has 0 atom stereocenters. The molecule has 0 radical (unpaired) electrons. The molecule has 3 rings (SSSR count). The maximum Gasteiger partial charge on any atom is 0.204 e. The van der Waals surface area contributed by atoms with E-state index in [0.29, 0.717) is 48.6 Å². The first-order valence-electron chi connectivity index (χ1n) is 7.76. The molecule has 2 aliphatic carbocycles. The van der Waals surface area contributed by atoms with Crippen molar-refractivity contribution >= 4 is 17.6 Å². The van der Waals surface area contributed by atoms with Crippen LogP contribution < -0.4 is 22.1 Å². The number of nitrogens with one attached hydrogen (secondary N) is 2. The van der Waals surface area contributed by atoms with Gasteiger partial charge in [-0.15, -0.1) is 0 Å². The standard InChI is InChI=1S/C17H19N5O2/c18-2-5-21-13-8-14(23)16(22-6-3-19)15-11(13)7-10-1-4-20-9-12(10)17(15)24/h1,4,7-9,21-22H,2-3,5-6,18-19H2. The molecule has 6 N–H and O–H groups in total. The first-order chi connectivity index (χ1) is 11.7. The van der Waals surface area contributed by atoms with Gasteiger partial charge in [-0.1, -0.05) is 0 Å². The van der Waals surface area contributed by atoms with Crippen LogP contribution in [-0.2, 0) is 4.79 Å². The summed E-state index contributed by atoms with van der Waals surface area (Å²) in [6.07, 6.45) is 6.54. The molecule has 24 heavy (non-hydrogen) atoms. The van der Waals surface area contributed by atoms with E-state index in [2.05, 4.69) is 15.6 Å². The lowest BCUT2D eigenvalue weighted by Gasteiger charge is -2.27. The molecular weight excluding hydrogens is 306 g/mol. The van der Waals surface area contributed by atoms with Crippen LogP contribution in [-0.4, -0.2) is 42.7 Å². The third-order valence-corrected chi connectivity index (χ3v) is 3.86. The predicted octanol–water partition coefficient (Wildman–Crippen LogP) is -0.521. The lowest BCUT2D eigenvalue weighted by molar-refractivity contribution is -0.111. The molecule has 0 unspecified atom stereocenters. The van der Waals surface area contributed by atoms with E-state index in [1.807, 2.05) is 6.08 Å². The fourth-order valence-electron chi connectivity index (χ4n) is 2.80. The van der Waals surface area contributed by atoms with Crippen molar-refractivity contribution in [2.45, 2.75) is 0 Å². The number of carbonyl (C=O) groups is 2. The first-order valence-corrected chi connectivity index (χ1v) is 7.76. The van der Waals surface area contributed by atoms with Crippen LogP contribution in [0.2, 0.25) is 0 Å². The van der Waals surface area contributed by atoms with Crippen LogP contribution in [0.4, 0.5) is 0 Å². The summed E-state index contributed by atoms with van der Waals surface area (Å²) in [6.45, 7) is 1.69. The summed E-state index contributed by atoms with van der Waals surface area (Å²) in [5, 5.41) is 6.11. The minimum atomic E-state index is -0.254. The van der Waals surface area contributed by atoms with Gasteiger partial charge in [0.1, 0.15) is 0 Å². The number of nitrogens with zero attached hydrogens (tertiary/aromatic N) is 1. The topological polar surface area (TPSA) is 123 Å². The summed E-state index contributed by atoms with van der Waals surface area (Å²) in [5.74, 6) is -0.473. The number of pyridine rings is 1. The van der Waals surface area contributed by atoms with Gasteiger partial charge in [-0.3, -0.25) is 14.6 Å². The van der Waals surface area contributed by atoms with E-state index >= 15 is 0 Å². The van der Waals surface area contributed by atoms with E-state index in [0.717, 1.165) is 5.56 Å². The number of hydrogen-bond donors (Lipinski definition) is 4. The van der Waals surface area contributed by atoms with Gasteiger partial charge in [0.15, 0.2) is 5.78 Å². The van der Waals surface area contributed by atoms with Gasteiger partial charge in [0.2, 0.25) is 5.78 Å². The molecule has 124 valence electrons. The number of carbonyl (C=O) groups excluding carboxylic acids is 2. The van der Waals surface area contributed by atoms with Crippen molar-refractivity contribution in [3.8, 4) is 0 Å². The molecule has 0 bridgehead atoms. The van der Waals surface area contributed by atoms with E-state index in [-0.39, 0.29) is 17.3 Å². The maximum atomic E-state index is 12.9. The van der Waals surface area contributed by atoms with Crippen molar-refractivity contribution in [2.24, 2.45) is 11.5 Å². The van der Waals surface area contributed by atoms with Crippen molar-refractivity contribution in [1.82, 2.24) is 15.6 Å². The van der Waals surface area contributed by atoms with Crippen LogP contribution in [0.1, 0.15) is 15.9 Å². The molecule has 0 saturated heterocycles. The summed E-state index contributed by atoms with van der Waals surface area (Å²) in [7, 11) is 0. The molecule has 7 heteroatoms. The van der Waals surface area contributed by atoms with E-state index < -0.39 is 0 Å². The molecule has 0 aliphatic heterocycles. The lowest BCUT2D eigenvalue weighted by Crippen LogP contribution is -2.35. The van der Waals surface area contributed by atoms with Crippen LogP contribution in [0, 0.1) is 0 Å². The Hall–Kier alpha value is -2.77. The second kappa shape index (κ2) is 6.77. The summed E-state index contributed by atoms with van der Waals surface area (Å²) >= 11 is 0. The highest BCUT2D eigenvalue weighted by molar-refractivity contribution is 6.24. The van der Waals surface area contributed by atoms with Crippen molar-refractivity contribution in [1.29, 1.82) is 0 Å². The Morgan fingerprint density at radius 2 is 1.79 bits per heavy atom. The van der Waals surface area contributed by atoms with Gasteiger partial charge >= 0.3 is 0 Å². The Kier molecular flexibility index (Phi) is 4.54. The number of ketones is 2. The molecule has 0 fully saturated rings. The minimum Gasteiger partial charge on any atom is -0.383 e. The quantitative estimate of drug-likeness (QED) is 0.555. The number of rotatable bonds is 6. The average Bonchev–Trinajstić information content (AvgIpc) is 2.60. The van der Waals surface area contributed by atoms with Crippen LogP contribution in [0.15, 0.2) is 47.1 Å². The van der Waals surface area contributed by atoms with Gasteiger partial charge in [0, 0.05) is 61.5 Å². The van der Waals surface area contributed by atoms with Crippen molar-refractivity contribution in [3.63, 3.8) is 0 Å². The molecule has 1 heterocycles. The molecule has 2 aliphatic rings. The summed E-state index contributed by atoms with van der Waals surface area (Å²) in [6, 6.07) is 1.78. The molecule has 0 amide bonds. The first kappa shape index (κ1) is 16.1. The number of nitrogens with two attached hydrogens (primary N) is 2. The van der Waals surface area contributed by atoms with E-state index in [1.165, 1.54) is 12.3 Å². The van der Waals surface area contributed by atoms with Gasteiger partial charge in [0.25, 0.3) is 0 Å². The van der Waals surface area contributed by atoms with Gasteiger partial charge in [-0.05, 0) is 17.7 Å². The third-order valence-electron chi connectivity index (χ3n) is 3.86. The normalized spacial score (nSPS) is 16.2. The fraction of sp³-hybridized carbons (Fsp3) is 0.235. The predicted molar refractivity (Wildman–Crippen MR) is 90.8 cm³/mol. The molecule has 0 spiro atoms. The Labute approximate surface area is 139 Å². The zero-order valence-corrected chi connectivity index (χ0v) is 13.1. The van der Waals surface area contributed by atoms with Gasteiger partial charge < -0.3 is 22.1 Å². The molecule has 1 aromatic heterocycles. The highest BCUT2D eigenvalue weighted by Gasteiger charge is 2.34. The van der Waals surface area contributed by atoms with Crippen LogP contribution >= 0.6 is 0 Å². The Balaban J connectivity index is 2.14. The summed E-state index contributed by atoms with van der Waals surface area (Å²) in [4.78, 5) is 29.4. The van der Waals surface area contributed by atoms with E-state index in [9.17, 15) is 9.59 Å². The summed E-state index contributed by atoms with van der Waals surface area (Å²) in [5.41, 5.74) is 14.2. The number of Topliss-reactive ketones (excluding diaryl/α,β-unsaturated/α-hetero) is 1. The lowest BCUT2D eigenvalue weighted by atomic mass is 9.81. The third kappa shape index (κ3) is 2.75. The number of hydrogen-bond acceptors (Lipinski definition) is 7. The Bertz CT molecular complexity index is 792. The molecule has 0 saturated carbocycles. The highest BCUT2D eigenvalue weighted by atomic mass is 16.1. The van der Waals surface area contributed by atoms with Gasteiger partial charge in [0.05, 0.1) is 11.3 Å². The van der Waals surface area contributed by atoms with E-state index in [4.69, 9.17) is 11.5 Å². The van der Waals surface area contributed by atoms with E-state index in [1.54, 1.807) is 12.3 Å². The minimum absolute atomic E-state index is 0.219. The number of fused-ring (bicyclic) bond motifs is 2. The van der Waals surface area contributed by atoms with Crippen molar-refractivity contribution in [2.75, 3.05) is 26.2 Å². The Morgan fingerprint density at radius 3 is 2.54 bits per heavy atom. The second-order valence-corrected chi connectivity index (χ2v) is 5.45. The smallest absolute Gasteiger partial charge is 0.204 e. The maximum absolute atomic E-state index is 12.9. The largest absolute Gasteiger partial charge is 0.383 e. The fourth-order valence-corrected chi connectivity index (χ4v) is 2.80. The molecule has 7 nitrogen and oxygen atoms in total. The monoisotopic (exact) mass is 325 g/mol. The number of aromatic nitrogens is 1. The second-order valence-electron chi connectivity index (χ2n) is 5.45. The molecular formula is C17H19N5O2. The number of allylic oxidation sites excluding steroid dienone is 2.